The van der Waals surface area contributed by atoms with E-state index in [1.54, 1.807) is 6.92 Å². The zero-order valence-corrected chi connectivity index (χ0v) is 10.5. The van der Waals surface area contributed by atoms with E-state index in [1.165, 1.54) is 0 Å². The van der Waals surface area contributed by atoms with Crippen molar-refractivity contribution in [3.63, 3.8) is 0 Å². The number of aliphatic hydroxyl groups excluding tert-OH is 1. The van der Waals surface area contributed by atoms with Gasteiger partial charge in [-0.05, 0) is 19.8 Å². The number of aliphatic hydroxyl groups is 1. The molecule has 0 aromatic carbocycles. The van der Waals surface area contributed by atoms with Gasteiger partial charge in [0, 0.05) is 19.1 Å². The number of aromatic nitrogens is 3. The number of ether oxygens (including phenoxy) is 1. The van der Waals surface area contributed by atoms with Crippen molar-refractivity contribution in [2.45, 2.75) is 44.8 Å². The summed E-state index contributed by atoms with van der Waals surface area (Å²) in [6.45, 7) is 3.80. The van der Waals surface area contributed by atoms with E-state index < -0.39 is 0 Å². The van der Waals surface area contributed by atoms with Crippen LogP contribution in [0.15, 0.2) is 0 Å². The minimum Gasteiger partial charge on any atom is -0.393 e. The fourth-order valence-electron chi connectivity index (χ4n) is 2.23. The van der Waals surface area contributed by atoms with E-state index >= 15 is 0 Å². The lowest BCUT2D eigenvalue weighted by Crippen LogP contribution is -2.14. The van der Waals surface area contributed by atoms with Crippen LogP contribution in [0.5, 0.6) is 0 Å². The first kappa shape index (κ1) is 13.0. The molecular formula is C12H18N4O2. The minimum absolute atomic E-state index is 0.275. The Hall–Kier alpha value is -1.45. The van der Waals surface area contributed by atoms with E-state index in [-0.39, 0.29) is 18.4 Å². The molecule has 1 aromatic rings. The van der Waals surface area contributed by atoms with Gasteiger partial charge in [-0.3, -0.25) is 0 Å². The van der Waals surface area contributed by atoms with Gasteiger partial charge in [-0.1, -0.05) is 5.21 Å². The molecule has 1 aliphatic rings. The number of aryl methyl sites for hydroxylation is 1. The summed E-state index contributed by atoms with van der Waals surface area (Å²) < 4.78 is 7.21. The van der Waals surface area contributed by atoms with Crippen LogP contribution in [0.3, 0.4) is 0 Å². The number of hydrogen-bond donors (Lipinski definition) is 1. The molecule has 6 nitrogen and oxygen atoms in total. The highest BCUT2D eigenvalue weighted by atomic mass is 16.5. The summed E-state index contributed by atoms with van der Waals surface area (Å²) in [7, 11) is 0. The van der Waals surface area contributed by atoms with Crippen molar-refractivity contribution in [2.75, 3.05) is 13.2 Å². The Bertz CT molecular complexity index is 430. The zero-order chi connectivity index (χ0) is 13.0. The van der Waals surface area contributed by atoms with E-state index in [1.807, 2.05) is 4.68 Å². The van der Waals surface area contributed by atoms with E-state index in [9.17, 15) is 5.11 Å². The van der Waals surface area contributed by atoms with Crippen LogP contribution in [0.25, 0.3) is 0 Å². The fourth-order valence-corrected chi connectivity index (χ4v) is 2.23. The summed E-state index contributed by atoms with van der Waals surface area (Å²) in [5, 5.41) is 26.3. The Labute approximate surface area is 106 Å². The predicted octanol–water partition coefficient (Wildman–Crippen LogP) is 0.619. The third kappa shape index (κ3) is 2.86. The van der Waals surface area contributed by atoms with E-state index in [0.29, 0.717) is 19.6 Å². The highest BCUT2D eigenvalue weighted by Gasteiger charge is 2.26. The molecule has 0 aliphatic carbocycles. The van der Waals surface area contributed by atoms with Gasteiger partial charge in [0.25, 0.3) is 0 Å². The second-order valence-electron chi connectivity index (χ2n) is 4.68. The molecule has 0 radical (unpaired) electrons. The van der Waals surface area contributed by atoms with Gasteiger partial charge in [0.2, 0.25) is 0 Å². The van der Waals surface area contributed by atoms with Gasteiger partial charge in [-0.2, -0.15) is 5.26 Å². The average molecular weight is 250 g/mol. The average Bonchev–Trinajstić information content (AvgIpc) is 2.95. The van der Waals surface area contributed by atoms with Gasteiger partial charge in [0.1, 0.15) is 5.69 Å². The van der Waals surface area contributed by atoms with Crippen molar-refractivity contribution in [2.24, 2.45) is 0 Å². The molecule has 2 rings (SSSR count). The molecule has 6 heteroatoms. The van der Waals surface area contributed by atoms with Crippen molar-refractivity contribution in [3.05, 3.63) is 11.4 Å². The van der Waals surface area contributed by atoms with Crippen LogP contribution in [0.2, 0.25) is 0 Å². The zero-order valence-electron chi connectivity index (χ0n) is 10.5. The van der Waals surface area contributed by atoms with E-state index in [4.69, 9.17) is 10.00 Å². The normalized spacial score (nSPS) is 20.8. The number of hydrogen-bond acceptors (Lipinski definition) is 5. The molecule has 1 aliphatic heterocycles. The van der Waals surface area contributed by atoms with Gasteiger partial charge in [-0.15, -0.1) is 5.10 Å². The van der Waals surface area contributed by atoms with E-state index in [2.05, 4.69) is 16.4 Å². The van der Waals surface area contributed by atoms with E-state index in [0.717, 1.165) is 24.4 Å². The molecule has 1 saturated heterocycles. The largest absolute Gasteiger partial charge is 0.393 e. The third-order valence-corrected chi connectivity index (χ3v) is 3.17. The number of nitrogens with zero attached hydrogens (tertiary/aromatic N) is 4. The molecule has 2 unspecified atom stereocenters. The summed E-state index contributed by atoms with van der Waals surface area (Å²) in [5.41, 5.74) is 1.76. The summed E-state index contributed by atoms with van der Waals surface area (Å²) in [5.74, 6) is 0.275. The molecule has 2 atom stereocenters. The SMILES string of the molecule is CC(O)CCn1nnc(CC#N)c1C1CCOC1. The van der Waals surface area contributed by atoms with Crippen molar-refractivity contribution >= 4 is 0 Å². The smallest absolute Gasteiger partial charge is 0.100 e. The molecule has 0 spiro atoms. The second kappa shape index (κ2) is 5.94. The Morgan fingerprint density at radius 2 is 2.50 bits per heavy atom. The number of nitriles is 1. The topological polar surface area (TPSA) is 84.0 Å². The van der Waals surface area contributed by atoms with Gasteiger partial charge < -0.3 is 9.84 Å². The Morgan fingerprint density at radius 3 is 3.11 bits per heavy atom. The summed E-state index contributed by atoms with van der Waals surface area (Å²) >= 11 is 0. The van der Waals surface area contributed by atoms with Gasteiger partial charge in [0.05, 0.1) is 30.9 Å². The van der Waals surface area contributed by atoms with Crippen LogP contribution in [0.1, 0.15) is 37.1 Å². The minimum atomic E-state index is -0.360. The monoisotopic (exact) mass is 250 g/mol. The molecule has 0 amide bonds. The molecule has 2 heterocycles. The third-order valence-electron chi connectivity index (χ3n) is 3.17. The first-order valence-electron chi connectivity index (χ1n) is 6.27. The van der Waals surface area contributed by atoms with Gasteiger partial charge in [0.15, 0.2) is 0 Å². The van der Waals surface area contributed by atoms with Crippen molar-refractivity contribution in [1.29, 1.82) is 5.26 Å². The van der Waals surface area contributed by atoms with Gasteiger partial charge in [-0.25, -0.2) is 4.68 Å². The first-order chi connectivity index (χ1) is 8.72. The molecule has 1 N–H and O–H groups in total. The summed E-state index contributed by atoms with van der Waals surface area (Å²) in [6.07, 6.45) is 1.50. The maximum atomic E-state index is 9.34. The summed E-state index contributed by atoms with van der Waals surface area (Å²) in [6, 6.07) is 2.12. The highest BCUT2D eigenvalue weighted by molar-refractivity contribution is 5.20. The Kier molecular flexibility index (Phi) is 4.28. The molecule has 1 aromatic heterocycles. The lowest BCUT2D eigenvalue weighted by atomic mass is 10.0. The Morgan fingerprint density at radius 1 is 1.67 bits per heavy atom. The quantitative estimate of drug-likeness (QED) is 0.828. The summed E-state index contributed by atoms with van der Waals surface area (Å²) in [4.78, 5) is 0. The van der Waals surface area contributed by atoms with Crippen LogP contribution >= 0.6 is 0 Å². The van der Waals surface area contributed by atoms with Crippen molar-refractivity contribution < 1.29 is 9.84 Å². The van der Waals surface area contributed by atoms with Crippen LogP contribution < -0.4 is 0 Å². The van der Waals surface area contributed by atoms with Gasteiger partial charge >= 0.3 is 0 Å². The van der Waals surface area contributed by atoms with Crippen LogP contribution in [0.4, 0.5) is 0 Å². The fraction of sp³-hybridized carbons (Fsp3) is 0.750. The molecule has 98 valence electrons. The molecule has 1 fully saturated rings. The molecular weight excluding hydrogens is 232 g/mol. The lowest BCUT2D eigenvalue weighted by molar-refractivity contribution is 0.174. The standard InChI is InChI=1S/C12H18N4O2/c1-9(17)3-6-16-12(10-4-7-18-8-10)11(2-5-13)14-15-16/h9-10,17H,2-4,6-8H2,1H3. The molecule has 0 bridgehead atoms. The van der Waals surface area contributed by atoms with Crippen molar-refractivity contribution in [1.82, 2.24) is 15.0 Å². The first-order valence-corrected chi connectivity index (χ1v) is 6.27. The highest BCUT2D eigenvalue weighted by Crippen LogP contribution is 2.27. The Balaban J connectivity index is 2.20. The van der Waals surface area contributed by atoms with Crippen LogP contribution in [0, 0.1) is 11.3 Å². The van der Waals surface area contributed by atoms with Crippen molar-refractivity contribution in [3.8, 4) is 6.07 Å². The predicted molar refractivity (Wildman–Crippen MR) is 63.8 cm³/mol. The van der Waals surface area contributed by atoms with Crippen LogP contribution in [-0.4, -0.2) is 39.4 Å². The van der Waals surface area contributed by atoms with Crippen LogP contribution in [-0.2, 0) is 17.7 Å². The number of rotatable bonds is 5. The second-order valence-corrected chi connectivity index (χ2v) is 4.68. The maximum absolute atomic E-state index is 9.34. The lowest BCUT2D eigenvalue weighted by Gasteiger charge is -2.12. The maximum Gasteiger partial charge on any atom is 0.100 e. The molecule has 0 saturated carbocycles. The molecule has 18 heavy (non-hydrogen) atoms.